The van der Waals surface area contributed by atoms with Crippen LogP contribution in [0.2, 0.25) is 0 Å². The first kappa shape index (κ1) is 52.5. The Hall–Kier alpha value is -1.89. The summed E-state index contributed by atoms with van der Waals surface area (Å²) in [6.45, 7) is -0.126. The lowest BCUT2D eigenvalue weighted by atomic mass is 9.94. The number of esters is 1. The molecule has 9 N–H and O–H groups in total. The molecule has 0 saturated carbocycles. The van der Waals surface area contributed by atoms with Gasteiger partial charge in [-0.3, -0.25) is 23.2 Å². The summed E-state index contributed by atoms with van der Waals surface area (Å²) in [5.41, 5.74) is 0. The number of rotatable bonds is 23. The van der Waals surface area contributed by atoms with Gasteiger partial charge in [-0.2, -0.15) is 25.3 Å². The monoisotopic (exact) mass is 939 g/mol. The van der Waals surface area contributed by atoms with Crippen molar-refractivity contribution in [2.24, 2.45) is 0 Å². The highest BCUT2D eigenvalue weighted by Crippen LogP contribution is 2.35. The Morgan fingerprint density at radius 3 is 1.77 bits per heavy atom. The second-order valence-corrected chi connectivity index (χ2v) is 17.1. The Balaban J connectivity index is 2.00. The molecule has 0 radical (unpaired) electrons. The summed E-state index contributed by atoms with van der Waals surface area (Å²) < 4.78 is 151. The molecule has 30 heteroatoms. The molecule has 3 heterocycles. The van der Waals surface area contributed by atoms with Gasteiger partial charge in [-0.1, -0.05) is 25.7 Å². The van der Waals surface area contributed by atoms with Crippen LogP contribution in [0.15, 0.2) is 0 Å². The third-order valence-electron chi connectivity index (χ3n) is 9.33. The summed E-state index contributed by atoms with van der Waals surface area (Å²) in [6.07, 6.45) is -23.7. The Labute approximate surface area is 345 Å². The number of carbonyl (C=O) groups is 2. The van der Waals surface area contributed by atoms with Crippen LogP contribution in [0.25, 0.3) is 0 Å². The number of carbonyl (C=O) groups excluding carboxylic acids is 2. The molecule has 27 nitrogen and oxygen atoms in total. The molecule has 0 aromatic carbocycles. The number of amides is 1. The Morgan fingerprint density at radius 2 is 1.20 bits per heavy atom. The lowest BCUT2D eigenvalue weighted by Crippen LogP contribution is -2.70. The van der Waals surface area contributed by atoms with Gasteiger partial charge in [0.05, 0.1) is 26.4 Å². The van der Waals surface area contributed by atoms with Gasteiger partial charge in [-0.05, 0) is 19.8 Å². The molecule has 3 aliphatic rings. The zero-order chi connectivity index (χ0) is 45.2. The van der Waals surface area contributed by atoms with E-state index < -0.39 is 142 Å². The van der Waals surface area contributed by atoms with Crippen molar-refractivity contribution < 1.29 is 120 Å². The van der Waals surface area contributed by atoms with E-state index in [0.717, 1.165) is 26.2 Å². The molecule has 0 aromatic rings. The minimum atomic E-state index is -5.68. The number of aliphatic hydroxyl groups excluding tert-OH is 5. The van der Waals surface area contributed by atoms with Crippen molar-refractivity contribution in [3.05, 3.63) is 0 Å². The highest BCUT2D eigenvalue weighted by Gasteiger charge is 2.56. The molecule has 0 bridgehead atoms. The fourth-order valence-electron chi connectivity index (χ4n) is 6.52. The zero-order valence-electron chi connectivity index (χ0n) is 32.4. The van der Waals surface area contributed by atoms with Gasteiger partial charge in [0.25, 0.3) is 0 Å². The van der Waals surface area contributed by atoms with E-state index in [-0.39, 0.29) is 19.0 Å². The molecule has 60 heavy (non-hydrogen) atoms. The number of unbranched alkanes of at least 4 members (excludes halogenated alkanes) is 5. The van der Waals surface area contributed by atoms with Gasteiger partial charge < -0.3 is 64.0 Å². The van der Waals surface area contributed by atoms with Gasteiger partial charge in [-0.25, -0.2) is 12.5 Å². The predicted molar refractivity (Wildman–Crippen MR) is 191 cm³/mol. The number of hydrogen-bond acceptors (Lipinski definition) is 23. The quantitative estimate of drug-likeness (QED) is 0.0268. The number of nitrogens with one attached hydrogen (secondary N) is 1. The molecule has 3 rings (SSSR count). The minimum absolute atomic E-state index is 0.0203. The highest BCUT2D eigenvalue weighted by atomic mass is 32.3. The fourth-order valence-corrected chi connectivity index (χ4v) is 7.85. The largest absolute Gasteiger partial charge is 0.469 e. The molecule has 1 amide bonds. The van der Waals surface area contributed by atoms with E-state index in [4.69, 9.17) is 33.0 Å². The first-order chi connectivity index (χ1) is 27.9. The SMILES string of the molecule is COC(=O)CCCCCCCCO[C@@H]1O[C@H](CO)[C@@H](O[C@@H]2O[C@H](COS(=O)(=O)O)[C@H](OS(=O)(=O)O)[C@H](OS(=O)(=O)O)[C@H]2O)[C@H](O[C@@H]2O[C@@H](C)[C@@H](O)[C@@H](O)[C@@H]2O)[C@H]1NC(C)=O. The van der Waals surface area contributed by atoms with Gasteiger partial charge in [0, 0.05) is 20.0 Å². The Morgan fingerprint density at radius 1 is 0.650 bits per heavy atom. The average Bonchev–Trinajstić information content (AvgIpc) is 3.14. The smallest absolute Gasteiger partial charge is 0.397 e. The molecule has 15 atom stereocenters. The lowest BCUT2D eigenvalue weighted by Gasteiger charge is -2.50. The van der Waals surface area contributed by atoms with Crippen molar-refractivity contribution in [2.45, 2.75) is 151 Å². The second kappa shape index (κ2) is 23.2. The third kappa shape index (κ3) is 16.3. The van der Waals surface area contributed by atoms with Gasteiger partial charge in [0.2, 0.25) is 5.91 Å². The summed E-state index contributed by atoms with van der Waals surface area (Å²) in [5, 5.41) is 56.0. The van der Waals surface area contributed by atoms with E-state index in [1.165, 1.54) is 14.0 Å². The van der Waals surface area contributed by atoms with Crippen molar-refractivity contribution in [1.29, 1.82) is 0 Å². The van der Waals surface area contributed by atoms with E-state index >= 15 is 0 Å². The molecule has 0 aromatic heterocycles. The summed E-state index contributed by atoms with van der Waals surface area (Å²) in [5.74, 6) is -1.07. The predicted octanol–water partition coefficient (Wildman–Crippen LogP) is -3.99. The summed E-state index contributed by atoms with van der Waals surface area (Å²) in [7, 11) is -15.4. The first-order valence-corrected chi connectivity index (χ1v) is 22.4. The van der Waals surface area contributed by atoms with Crippen molar-refractivity contribution in [3.8, 4) is 0 Å². The van der Waals surface area contributed by atoms with Crippen LogP contribution in [-0.4, -0.2) is 195 Å². The molecule has 352 valence electrons. The van der Waals surface area contributed by atoms with E-state index in [0.29, 0.717) is 19.3 Å². The lowest BCUT2D eigenvalue weighted by molar-refractivity contribution is -0.371. The van der Waals surface area contributed by atoms with Crippen LogP contribution in [0.5, 0.6) is 0 Å². The van der Waals surface area contributed by atoms with E-state index in [9.17, 15) is 69.5 Å². The van der Waals surface area contributed by atoms with Crippen LogP contribution in [0, 0.1) is 0 Å². The first-order valence-electron chi connectivity index (χ1n) is 18.3. The Bertz CT molecular complexity index is 1700. The maximum absolute atomic E-state index is 12.6. The molecule has 0 aliphatic carbocycles. The van der Waals surface area contributed by atoms with Gasteiger partial charge in [0.15, 0.2) is 18.9 Å². The van der Waals surface area contributed by atoms with Crippen molar-refractivity contribution in [1.82, 2.24) is 5.32 Å². The van der Waals surface area contributed by atoms with Crippen LogP contribution in [0.3, 0.4) is 0 Å². The van der Waals surface area contributed by atoms with E-state index in [2.05, 4.69) is 22.6 Å². The number of ether oxygens (including phenoxy) is 7. The van der Waals surface area contributed by atoms with Crippen molar-refractivity contribution in [3.63, 3.8) is 0 Å². The second-order valence-electron chi connectivity index (χ2n) is 13.9. The molecular formula is C30H53NO26S3. The topological polar surface area (TPSA) is 403 Å². The summed E-state index contributed by atoms with van der Waals surface area (Å²) >= 11 is 0. The van der Waals surface area contributed by atoms with Gasteiger partial charge >= 0.3 is 37.2 Å². The molecule has 3 saturated heterocycles. The number of hydrogen-bond donors (Lipinski definition) is 9. The maximum Gasteiger partial charge on any atom is 0.397 e. The average molecular weight is 940 g/mol. The van der Waals surface area contributed by atoms with Crippen molar-refractivity contribution in [2.75, 3.05) is 26.9 Å². The minimum Gasteiger partial charge on any atom is -0.469 e. The van der Waals surface area contributed by atoms with Gasteiger partial charge in [0.1, 0.15) is 67.1 Å². The van der Waals surface area contributed by atoms with Crippen LogP contribution < -0.4 is 5.32 Å². The third-order valence-corrected chi connectivity index (χ3v) is 10.7. The summed E-state index contributed by atoms with van der Waals surface area (Å²) in [4.78, 5) is 23.9. The standard InChI is InChI=1S/C30H53NO26S3/c1-14-20(35)21(36)22(37)29(51-14)55-26-19(31-15(2)33)28(49-11-9-7-5-4-6-8-10-18(34)48-3)52-16(12-32)24(26)54-30-23(38)27(57-60(45,46)47)25(56-59(42,43)44)17(53-30)13-50-58(39,40)41/h14,16-17,19-30,32,35-38H,4-13H2,1-3H3,(H,31,33)(H,39,40,41)(H,42,43,44)(H,45,46,47)/t14-,16+,17+,19+,20+,21+,22-,23+,24+,25-,26+,27+,28+,29-,30-/m0/s1. The summed E-state index contributed by atoms with van der Waals surface area (Å²) in [6, 6.07) is -1.52. The molecule has 3 aliphatic heterocycles. The Kier molecular flexibility index (Phi) is 20.2. The van der Waals surface area contributed by atoms with Crippen molar-refractivity contribution >= 4 is 43.1 Å². The van der Waals surface area contributed by atoms with Gasteiger partial charge in [-0.15, -0.1) is 0 Å². The zero-order valence-corrected chi connectivity index (χ0v) is 34.8. The normalized spacial score (nSPS) is 35.5. The maximum atomic E-state index is 12.6. The molecule has 3 fully saturated rings. The van der Waals surface area contributed by atoms with E-state index in [1.807, 2.05) is 0 Å². The van der Waals surface area contributed by atoms with Crippen LogP contribution >= 0.6 is 0 Å². The highest BCUT2D eigenvalue weighted by molar-refractivity contribution is 7.81. The van der Waals surface area contributed by atoms with Crippen LogP contribution in [0.4, 0.5) is 0 Å². The fraction of sp³-hybridized carbons (Fsp3) is 0.933. The van der Waals surface area contributed by atoms with Crippen LogP contribution in [0.1, 0.15) is 58.8 Å². The number of methoxy groups -OCH3 is 1. The molecule has 0 spiro atoms. The van der Waals surface area contributed by atoms with Crippen LogP contribution in [-0.2, 0) is 86.5 Å². The molecule has 0 unspecified atom stereocenters. The molecular weight excluding hydrogens is 887 g/mol. The number of aliphatic hydroxyl groups is 5. The van der Waals surface area contributed by atoms with E-state index in [1.54, 1.807) is 0 Å².